The zero-order valence-corrected chi connectivity index (χ0v) is 12.1. The molecule has 8 heteroatoms. The number of likely N-dealkylation sites (N-methyl/N-ethyl adjacent to an activating group) is 1. The second-order valence-corrected chi connectivity index (χ2v) is 4.58. The number of nitro groups is 1. The van der Waals surface area contributed by atoms with Gasteiger partial charge < -0.3 is 19.9 Å². The van der Waals surface area contributed by atoms with Crippen LogP contribution >= 0.6 is 0 Å². The SMILES string of the molecule is CNC(C)(CCOc1cc([N+](=O)[O-])ccc1OC)C(=O)O. The summed E-state index contributed by atoms with van der Waals surface area (Å²) in [4.78, 5) is 21.3. The Morgan fingerprint density at radius 1 is 1.48 bits per heavy atom. The van der Waals surface area contributed by atoms with E-state index in [1.807, 2.05) is 0 Å². The Morgan fingerprint density at radius 2 is 2.14 bits per heavy atom. The Morgan fingerprint density at radius 3 is 2.62 bits per heavy atom. The number of non-ortho nitro benzene ring substituents is 1. The molecule has 0 fully saturated rings. The van der Waals surface area contributed by atoms with E-state index in [2.05, 4.69) is 5.32 Å². The van der Waals surface area contributed by atoms with Gasteiger partial charge in [0.25, 0.3) is 5.69 Å². The fourth-order valence-electron chi connectivity index (χ4n) is 1.60. The second-order valence-electron chi connectivity index (χ2n) is 4.58. The number of nitro benzene ring substituents is 1. The third-order valence-corrected chi connectivity index (χ3v) is 3.24. The Bertz CT molecular complexity index is 533. The van der Waals surface area contributed by atoms with Gasteiger partial charge in [0.1, 0.15) is 5.54 Å². The first kappa shape index (κ1) is 16.7. The Hall–Kier alpha value is -2.35. The van der Waals surface area contributed by atoms with Gasteiger partial charge in [-0.05, 0) is 20.0 Å². The van der Waals surface area contributed by atoms with E-state index in [9.17, 15) is 14.9 Å². The van der Waals surface area contributed by atoms with Crippen LogP contribution in [0.3, 0.4) is 0 Å². The van der Waals surface area contributed by atoms with Gasteiger partial charge in [0.15, 0.2) is 11.5 Å². The molecule has 0 spiro atoms. The van der Waals surface area contributed by atoms with Crippen LogP contribution in [-0.2, 0) is 4.79 Å². The summed E-state index contributed by atoms with van der Waals surface area (Å²) in [5.41, 5.74) is -1.26. The number of nitrogens with one attached hydrogen (secondary N) is 1. The summed E-state index contributed by atoms with van der Waals surface area (Å²) < 4.78 is 10.5. The molecule has 0 saturated carbocycles. The predicted octanol–water partition coefficient (Wildman–Crippen LogP) is 1.43. The van der Waals surface area contributed by atoms with Crippen LogP contribution in [-0.4, -0.2) is 42.3 Å². The lowest BCUT2D eigenvalue weighted by atomic mass is 9.99. The fraction of sp³-hybridized carbons (Fsp3) is 0.462. The molecule has 0 amide bonds. The van der Waals surface area contributed by atoms with E-state index < -0.39 is 16.4 Å². The molecule has 116 valence electrons. The highest BCUT2D eigenvalue weighted by molar-refractivity contribution is 5.78. The van der Waals surface area contributed by atoms with Crippen molar-refractivity contribution in [2.45, 2.75) is 18.9 Å². The molecule has 1 aromatic carbocycles. The Balaban J connectivity index is 2.81. The number of nitrogens with zero attached hydrogens (tertiary/aromatic N) is 1. The molecule has 2 N–H and O–H groups in total. The monoisotopic (exact) mass is 298 g/mol. The van der Waals surface area contributed by atoms with Crippen LogP contribution in [0.15, 0.2) is 18.2 Å². The van der Waals surface area contributed by atoms with Gasteiger partial charge in [0, 0.05) is 12.5 Å². The molecule has 0 bridgehead atoms. The van der Waals surface area contributed by atoms with Crippen molar-refractivity contribution in [2.75, 3.05) is 20.8 Å². The first-order chi connectivity index (χ1) is 9.84. The minimum Gasteiger partial charge on any atom is -0.493 e. The van der Waals surface area contributed by atoms with E-state index in [1.54, 1.807) is 7.05 Å². The van der Waals surface area contributed by atoms with Gasteiger partial charge in [-0.2, -0.15) is 0 Å². The molecule has 1 unspecified atom stereocenters. The zero-order valence-electron chi connectivity index (χ0n) is 12.1. The van der Waals surface area contributed by atoms with Crippen molar-refractivity contribution in [3.8, 4) is 11.5 Å². The van der Waals surface area contributed by atoms with Crippen molar-refractivity contribution in [1.82, 2.24) is 5.32 Å². The van der Waals surface area contributed by atoms with Crippen LogP contribution < -0.4 is 14.8 Å². The third-order valence-electron chi connectivity index (χ3n) is 3.24. The van der Waals surface area contributed by atoms with Crippen molar-refractivity contribution in [3.05, 3.63) is 28.3 Å². The molecule has 0 aliphatic rings. The summed E-state index contributed by atoms with van der Waals surface area (Å²) >= 11 is 0. The van der Waals surface area contributed by atoms with Crippen LogP contribution in [0, 0.1) is 10.1 Å². The molecular weight excluding hydrogens is 280 g/mol. The highest BCUT2D eigenvalue weighted by atomic mass is 16.6. The second kappa shape index (κ2) is 6.89. The van der Waals surface area contributed by atoms with Gasteiger partial charge in [0.2, 0.25) is 0 Å². The number of hydrogen-bond donors (Lipinski definition) is 2. The zero-order chi connectivity index (χ0) is 16.0. The number of carboxylic acid groups (broad SMARTS) is 1. The topological polar surface area (TPSA) is 111 Å². The molecule has 0 aliphatic carbocycles. The molecule has 0 heterocycles. The van der Waals surface area contributed by atoms with E-state index in [0.717, 1.165) is 0 Å². The maximum Gasteiger partial charge on any atom is 0.323 e. The van der Waals surface area contributed by atoms with Gasteiger partial charge >= 0.3 is 5.97 Å². The minimum atomic E-state index is -1.13. The van der Waals surface area contributed by atoms with Crippen LogP contribution in [0.5, 0.6) is 11.5 Å². The number of carbonyl (C=O) groups is 1. The number of methoxy groups -OCH3 is 1. The molecule has 0 aromatic heterocycles. The van der Waals surface area contributed by atoms with Crippen LogP contribution in [0.25, 0.3) is 0 Å². The third kappa shape index (κ3) is 4.06. The molecule has 1 atom stereocenters. The Kier molecular flexibility index (Phi) is 5.48. The molecule has 21 heavy (non-hydrogen) atoms. The van der Waals surface area contributed by atoms with Crippen molar-refractivity contribution < 1.29 is 24.3 Å². The van der Waals surface area contributed by atoms with Crippen LogP contribution in [0.4, 0.5) is 5.69 Å². The number of rotatable bonds is 8. The molecule has 0 saturated heterocycles. The highest BCUT2D eigenvalue weighted by Crippen LogP contribution is 2.31. The quantitative estimate of drug-likeness (QED) is 0.551. The summed E-state index contributed by atoms with van der Waals surface area (Å²) in [6.45, 7) is 1.60. The van der Waals surface area contributed by atoms with Crippen LogP contribution in [0.2, 0.25) is 0 Å². The summed E-state index contributed by atoms with van der Waals surface area (Å²) in [7, 11) is 2.96. The number of aliphatic carboxylic acids is 1. The first-order valence-corrected chi connectivity index (χ1v) is 6.21. The van der Waals surface area contributed by atoms with Gasteiger partial charge in [-0.15, -0.1) is 0 Å². The number of benzene rings is 1. The van der Waals surface area contributed by atoms with E-state index >= 15 is 0 Å². The lowest BCUT2D eigenvalue weighted by molar-refractivity contribution is -0.385. The van der Waals surface area contributed by atoms with Crippen molar-refractivity contribution in [3.63, 3.8) is 0 Å². The van der Waals surface area contributed by atoms with Gasteiger partial charge in [0.05, 0.1) is 24.7 Å². The first-order valence-electron chi connectivity index (χ1n) is 6.21. The molecule has 0 aliphatic heterocycles. The van der Waals surface area contributed by atoms with E-state index in [-0.39, 0.29) is 24.5 Å². The Labute approximate surface area is 121 Å². The van der Waals surface area contributed by atoms with E-state index in [4.69, 9.17) is 14.6 Å². The highest BCUT2D eigenvalue weighted by Gasteiger charge is 2.31. The van der Waals surface area contributed by atoms with Crippen molar-refractivity contribution in [1.29, 1.82) is 0 Å². The molecule has 1 aromatic rings. The van der Waals surface area contributed by atoms with Crippen LogP contribution in [0.1, 0.15) is 13.3 Å². The average Bonchev–Trinajstić information content (AvgIpc) is 2.46. The predicted molar refractivity (Wildman–Crippen MR) is 74.9 cm³/mol. The normalized spacial score (nSPS) is 13.3. The summed E-state index contributed by atoms with van der Waals surface area (Å²) in [5.74, 6) is -0.447. The average molecular weight is 298 g/mol. The molecule has 1 rings (SSSR count). The lowest BCUT2D eigenvalue weighted by Gasteiger charge is -2.24. The standard InChI is InChI=1S/C13H18N2O6/c1-13(14-2,12(16)17)6-7-21-11-8-9(15(18)19)4-5-10(11)20-3/h4-5,8,14H,6-7H2,1-3H3,(H,16,17). The molecule has 0 radical (unpaired) electrons. The summed E-state index contributed by atoms with van der Waals surface area (Å²) in [5, 5.41) is 22.6. The van der Waals surface area contributed by atoms with Crippen molar-refractivity contribution >= 4 is 11.7 Å². The largest absolute Gasteiger partial charge is 0.493 e. The molecule has 8 nitrogen and oxygen atoms in total. The van der Waals surface area contributed by atoms with Crippen molar-refractivity contribution in [2.24, 2.45) is 0 Å². The maximum absolute atomic E-state index is 11.1. The van der Waals surface area contributed by atoms with Gasteiger partial charge in [-0.25, -0.2) is 0 Å². The smallest absolute Gasteiger partial charge is 0.323 e. The number of ether oxygens (including phenoxy) is 2. The number of hydrogen-bond acceptors (Lipinski definition) is 6. The summed E-state index contributed by atoms with van der Waals surface area (Å²) in [6.07, 6.45) is 0.185. The fourth-order valence-corrected chi connectivity index (χ4v) is 1.60. The van der Waals surface area contributed by atoms with E-state index in [1.165, 1.54) is 32.2 Å². The van der Waals surface area contributed by atoms with E-state index in [0.29, 0.717) is 5.75 Å². The minimum absolute atomic E-state index is 0.0706. The lowest BCUT2D eigenvalue weighted by Crippen LogP contribution is -2.48. The maximum atomic E-state index is 11.1. The van der Waals surface area contributed by atoms with Gasteiger partial charge in [-0.1, -0.05) is 0 Å². The number of carboxylic acids is 1. The molecular formula is C13H18N2O6. The summed E-state index contributed by atoms with van der Waals surface area (Å²) in [6, 6.07) is 3.99. The van der Waals surface area contributed by atoms with Gasteiger partial charge in [-0.3, -0.25) is 14.9 Å².